The molecule has 2 aromatic rings. The third-order valence-corrected chi connectivity index (χ3v) is 4.55. The van der Waals surface area contributed by atoms with Gasteiger partial charge in [0.1, 0.15) is 12.6 Å². The molecule has 0 radical (unpaired) electrons. The molecule has 1 heterocycles. The Morgan fingerprint density at radius 3 is 2.44 bits per heavy atom. The van der Waals surface area contributed by atoms with Crippen molar-refractivity contribution in [1.82, 2.24) is 5.32 Å². The molecule has 3 rings (SSSR count). The van der Waals surface area contributed by atoms with Gasteiger partial charge in [-0.2, -0.15) is 0 Å². The first-order valence-corrected chi connectivity index (χ1v) is 9.25. The Kier molecular flexibility index (Phi) is 6.30. The molecular weight excluding hydrogens is 342 g/mol. The van der Waals surface area contributed by atoms with Crippen LogP contribution in [-0.2, 0) is 16.1 Å². The SMILES string of the molecule is CC(NC(=O)OCc1ccccc1)C(=O)Nc1ccccc1N1CCCC1. The highest BCUT2D eigenvalue weighted by molar-refractivity contribution is 5.98. The smallest absolute Gasteiger partial charge is 0.408 e. The third-order valence-electron chi connectivity index (χ3n) is 4.55. The van der Waals surface area contributed by atoms with Crippen LogP contribution in [0.2, 0.25) is 0 Å². The van der Waals surface area contributed by atoms with Crippen LogP contribution in [0.15, 0.2) is 54.6 Å². The highest BCUT2D eigenvalue weighted by Gasteiger charge is 2.20. The van der Waals surface area contributed by atoms with Gasteiger partial charge in [-0.15, -0.1) is 0 Å². The highest BCUT2D eigenvalue weighted by atomic mass is 16.5. The van der Waals surface area contributed by atoms with Crippen molar-refractivity contribution in [3.63, 3.8) is 0 Å². The second-order valence-corrected chi connectivity index (χ2v) is 6.63. The minimum absolute atomic E-state index is 0.165. The van der Waals surface area contributed by atoms with E-state index in [4.69, 9.17) is 4.74 Å². The van der Waals surface area contributed by atoms with E-state index in [-0.39, 0.29) is 12.5 Å². The van der Waals surface area contributed by atoms with Gasteiger partial charge in [0.2, 0.25) is 5.91 Å². The second kappa shape index (κ2) is 9.07. The van der Waals surface area contributed by atoms with Gasteiger partial charge in [0.25, 0.3) is 0 Å². The van der Waals surface area contributed by atoms with Crippen molar-refractivity contribution in [3.8, 4) is 0 Å². The van der Waals surface area contributed by atoms with E-state index in [0.29, 0.717) is 0 Å². The number of anilines is 2. The lowest BCUT2D eigenvalue weighted by Crippen LogP contribution is -2.42. The standard InChI is InChI=1S/C21H25N3O3/c1-16(22-21(26)27-15-17-9-3-2-4-10-17)20(25)23-18-11-5-6-12-19(18)24-13-7-8-14-24/h2-6,9-12,16H,7-8,13-15H2,1H3,(H,22,26)(H,23,25). The first kappa shape index (κ1) is 18.8. The summed E-state index contributed by atoms with van der Waals surface area (Å²) in [6.07, 6.45) is 1.70. The van der Waals surface area contributed by atoms with Crippen LogP contribution in [0.25, 0.3) is 0 Å². The Bertz CT molecular complexity index is 773. The molecule has 0 saturated carbocycles. The number of benzene rings is 2. The minimum Gasteiger partial charge on any atom is -0.445 e. The number of nitrogens with zero attached hydrogens (tertiary/aromatic N) is 1. The molecule has 1 atom stereocenters. The fourth-order valence-corrected chi connectivity index (χ4v) is 3.06. The van der Waals surface area contributed by atoms with E-state index in [2.05, 4.69) is 15.5 Å². The first-order chi connectivity index (χ1) is 13.1. The summed E-state index contributed by atoms with van der Waals surface area (Å²) in [5.41, 5.74) is 2.67. The maximum Gasteiger partial charge on any atom is 0.408 e. The van der Waals surface area contributed by atoms with Gasteiger partial charge in [0, 0.05) is 13.1 Å². The zero-order valence-electron chi connectivity index (χ0n) is 15.5. The molecule has 142 valence electrons. The van der Waals surface area contributed by atoms with E-state index < -0.39 is 12.1 Å². The van der Waals surface area contributed by atoms with E-state index in [1.165, 1.54) is 0 Å². The van der Waals surface area contributed by atoms with Crippen LogP contribution in [0.4, 0.5) is 16.2 Å². The molecule has 2 aromatic carbocycles. The Labute approximate surface area is 159 Å². The van der Waals surface area contributed by atoms with E-state index in [1.54, 1.807) is 6.92 Å². The number of hydrogen-bond donors (Lipinski definition) is 2. The third kappa shape index (κ3) is 5.23. The lowest BCUT2D eigenvalue weighted by atomic mass is 10.2. The highest BCUT2D eigenvalue weighted by Crippen LogP contribution is 2.28. The lowest BCUT2D eigenvalue weighted by molar-refractivity contribution is -0.117. The number of amides is 2. The molecule has 0 aromatic heterocycles. The Morgan fingerprint density at radius 1 is 1.04 bits per heavy atom. The fourth-order valence-electron chi connectivity index (χ4n) is 3.06. The number of hydrogen-bond acceptors (Lipinski definition) is 4. The maximum absolute atomic E-state index is 12.5. The van der Waals surface area contributed by atoms with E-state index in [0.717, 1.165) is 42.9 Å². The van der Waals surface area contributed by atoms with Crippen LogP contribution in [0, 0.1) is 0 Å². The molecule has 6 nitrogen and oxygen atoms in total. The monoisotopic (exact) mass is 367 g/mol. The molecule has 0 spiro atoms. The molecular formula is C21H25N3O3. The van der Waals surface area contributed by atoms with Crippen molar-refractivity contribution in [3.05, 3.63) is 60.2 Å². The largest absolute Gasteiger partial charge is 0.445 e. The zero-order valence-corrected chi connectivity index (χ0v) is 15.5. The normalized spacial score (nSPS) is 14.5. The molecule has 0 aliphatic carbocycles. The summed E-state index contributed by atoms with van der Waals surface area (Å²) < 4.78 is 5.17. The first-order valence-electron chi connectivity index (χ1n) is 9.25. The van der Waals surface area contributed by atoms with Crippen LogP contribution in [0.3, 0.4) is 0 Å². The van der Waals surface area contributed by atoms with Crippen molar-refractivity contribution in [1.29, 1.82) is 0 Å². The minimum atomic E-state index is -0.708. The molecule has 1 saturated heterocycles. The predicted molar refractivity (Wildman–Crippen MR) is 106 cm³/mol. The summed E-state index contributed by atoms with van der Waals surface area (Å²) in [5.74, 6) is -0.279. The predicted octanol–water partition coefficient (Wildman–Crippen LogP) is 3.54. The van der Waals surface area contributed by atoms with Gasteiger partial charge >= 0.3 is 6.09 Å². The molecule has 1 fully saturated rings. The quantitative estimate of drug-likeness (QED) is 0.819. The molecule has 2 N–H and O–H groups in total. The van der Waals surface area contributed by atoms with Crippen molar-refractivity contribution >= 4 is 23.4 Å². The van der Waals surface area contributed by atoms with Gasteiger partial charge in [0.05, 0.1) is 11.4 Å². The second-order valence-electron chi connectivity index (χ2n) is 6.63. The van der Waals surface area contributed by atoms with Gasteiger partial charge in [-0.25, -0.2) is 4.79 Å². The number of carbonyl (C=O) groups is 2. The topological polar surface area (TPSA) is 70.7 Å². The number of carbonyl (C=O) groups excluding carboxylic acids is 2. The summed E-state index contributed by atoms with van der Waals surface area (Å²) >= 11 is 0. The Hall–Kier alpha value is -3.02. The number of ether oxygens (including phenoxy) is 1. The Morgan fingerprint density at radius 2 is 1.70 bits per heavy atom. The number of nitrogens with one attached hydrogen (secondary N) is 2. The fraction of sp³-hybridized carbons (Fsp3) is 0.333. The van der Waals surface area contributed by atoms with Gasteiger partial charge in [-0.3, -0.25) is 4.79 Å². The van der Waals surface area contributed by atoms with Crippen LogP contribution >= 0.6 is 0 Å². The van der Waals surface area contributed by atoms with E-state index >= 15 is 0 Å². The van der Waals surface area contributed by atoms with Crippen LogP contribution in [-0.4, -0.2) is 31.1 Å². The van der Waals surface area contributed by atoms with Gasteiger partial charge < -0.3 is 20.3 Å². The zero-order chi connectivity index (χ0) is 19.1. The van der Waals surface area contributed by atoms with E-state index in [1.807, 2.05) is 54.6 Å². The van der Waals surface area contributed by atoms with Gasteiger partial charge in [-0.1, -0.05) is 42.5 Å². The molecule has 1 aliphatic rings. The van der Waals surface area contributed by atoms with E-state index in [9.17, 15) is 9.59 Å². The van der Waals surface area contributed by atoms with Crippen LogP contribution < -0.4 is 15.5 Å². The molecule has 1 aliphatic heterocycles. The lowest BCUT2D eigenvalue weighted by Gasteiger charge is -2.22. The molecule has 2 amide bonds. The van der Waals surface area contributed by atoms with Crippen molar-refractivity contribution in [2.45, 2.75) is 32.4 Å². The summed E-state index contributed by atoms with van der Waals surface area (Å²) in [6, 6.07) is 16.4. The van der Waals surface area contributed by atoms with Crippen molar-refractivity contribution in [2.75, 3.05) is 23.3 Å². The average molecular weight is 367 g/mol. The summed E-state index contributed by atoms with van der Waals surface area (Å²) in [4.78, 5) is 26.7. The summed E-state index contributed by atoms with van der Waals surface area (Å²) in [7, 11) is 0. The van der Waals surface area contributed by atoms with Crippen LogP contribution in [0.5, 0.6) is 0 Å². The van der Waals surface area contributed by atoms with Gasteiger partial charge in [0.15, 0.2) is 0 Å². The van der Waals surface area contributed by atoms with Crippen LogP contribution in [0.1, 0.15) is 25.3 Å². The molecule has 27 heavy (non-hydrogen) atoms. The number of para-hydroxylation sites is 2. The average Bonchev–Trinajstić information content (AvgIpc) is 3.22. The Balaban J connectivity index is 1.52. The van der Waals surface area contributed by atoms with Crippen molar-refractivity contribution in [2.24, 2.45) is 0 Å². The number of rotatable bonds is 6. The molecule has 1 unspecified atom stereocenters. The maximum atomic E-state index is 12.5. The summed E-state index contributed by atoms with van der Waals surface area (Å²) in [5, 5.41) is 5.49. The number of alkyl carbamates (subject to hydrolysis) is 1. The van der Waals surface area contributed by atoms with Gasteiger partial charge in [-0.05, 0) is 37.5 Å². The summed E-state index contributed by atoms with van der Waals surface area (Å²) in [6.45, 7) is 3.79. The molecule has 0 bridgehead atoms. The molecule has 6 heteroatoms. The van der Waals surface area contributed by atoms with Crippen molar-refractivity contribution < 1.29 is 14.3 Å².